The maximum absolute atomic E-state index is 12.5. The molecule has 1 fully saturated rings. The molecule has 5 atom stereocenters. The maximum atomic E-state index is 12.5. The maximum Gasteiger partial charge on any atom is 0.305 e. The van der Waals surface area contributed by atoms with E-state index < -0.39 is 36.3 Å². The fourth-order valence-corrected chi connectivity index (χ4v) is 8.69. The Hall–Kier alpha value is -3.59. The number of carbonyl (C=O) groups is 1. The van der Waals surface area contributed by atoms with Crippen molar-refractivity contribution in [1.29, 1.82) is 0 Å². The van der Waals surface area contributed by atoms with Crippen molar-refractivity contribution in [1.82, 2.24) is 0 Å². The summed E-state index contributed by atoms with van der Waals surface area (Å²) in [4.78, 5) is 12.5. The van der Waals surface area contributed by atoms with E-state index in [-0.39, 0.29) is 18.0 Å². The zero-order valence-electron chi connectivity index (χ0n) is 44.7. The van der Waals surface area contributed by atoms with Gasteiger partial charge in [-0.25, -0.2) is 0 Å². The van der Waals surface area contributed by atoms with E-state index >= 15 is 0 Å². The van der Waals surface area contributed by atoms with Crippen LogP contribution in [0.1, 0.15) is 198 Å². The van der Waals surface area contributed by atoms with Gasteiger partial charge in [0.05, 0.1) is 5.60 Å². The van der Waals surface area contributed by atoms with Crippen molar-refractivity contribution >= 4 is 5.97 Å². The number of hydrogen-bond donors (Lipinski definition) is 3. The molecule has 382 valence electrons. The Morgan fingerprint density at radius 2 is 1.16 bits per heavy atom. The molecule has 0 aromatic carbocycles. The third-order valence-electron chi connectivity index (χ3n) is 13.2. The Kier molecular flexibility index (Phi) is 30.1. The molecule has 0 saturated carbocycles. The second kappa shape index (κ2) is 33.9. The first kappa shape index (κ1) is 60.5. The van der Waals surface area contributed by atoms with Gasteiger partial charge < -0.3 is 29.5 Å². The molecule has 0 aromatic heterocycles. The van der Waals surface area contributed by atoms with Gasteiger partial charge in [0.1, 0.15) is 31.0 Å². The summed E-state index contributed by atoms with van der Waals surface area (Å²) in [6, 6.07) is 0. The van der Waals surface area contributed by atoms with Crippen LogP contribution in [-0.4, -0.2) is 64.2 Å². The quantitative estimate of drug-likeness (QED) is 0.0361. The third kappa shape index (κ3) is 26.4. The first-order valence-electron chi connectivity index (χ1n) is 26.3. The molecular weight excluding hydrogens is 845 g/mol. The van der Waals surface area contributed by atoms with Crippen LogP contribution in [0.2, 0.25) is 0 Å². The summed E-state index contributed by atoms with van der Waals surface area (Å²) in [6.45, 7) is 23.4. The van der Waals surface area contributed by atoms with Crippen LogP contribution < -0.4 is 0 Å². The SMILES string of the molecule is CCCCCCCCCCCCCCC(=O)OC[C@H]1O[C@H](OC(C)(C)CCC/C(C)=C/C=C/C(C)=C/C=C/C(C)=C/C=C/C=C(C)/C=C/C=C(C)/C=C/C2=C(C)CCCC2(C)C)[C@H](O)[C@@H](O)[C@@H]1O. The Bertz CT molecular complexity index is 1820. The lowest BCUT2D eigenvalue weighted by Gasteiger charge is -2.42. The number of rotatable bonds is 31. The molecule has 2 rings (SSSR count). The summed E-state index contributed by atoms with van der Waals surface area (Å²) >= 11 is 0. The van der Waals surface area contributed by atoms with Crippen molar-refractivity contribution in [2.45, 2.75) is 234 Å². The van der Waals surface area contributed by atoms with Crippen molar-refractivity contribution in [3.05, 3.63) is 130 Å². The van der Waals surface area contributed by atoms with E-state index in [1.165, 1.54) is 105 Å². The number of esters is 1. The number of carbonyl (C=O) groups excluding carboxylic acids is 1. The Labute approximate surface area is 415 Å². The molecule has 3 N–H and O–H groups in total. The van der Waals surface area contributed by atoms with E-state index in [4.69, 9.17) is 14.2 Å². The lowest BCUT2D eigenvalue weighted by atomic mass is 9.72. The molecule has 7 nitrogen and oxygen atoms in total. The third-order valence-corrected chi connectivity index (χ3v) is 13.2. The van der Waals surface area contributed by atoms with Crippen molar-refractivity contribution in [2.75, 3.05) is 6.61 Å². The number of aliphatic hydroxyl groups excluding tert-OH is 3. The van der Waals surface area contributed by atoms with E-state index in [1.807, 2.05) is 13.8 Å². The molecule has 0 radical (unpaired) electrons. The number of unbranched alkanes of at least 4 members (excludes halogenated alkanes) is 11. The molecule has 68 heavy (non-hydrogen) atoms. The summed E-state index contributed by atoms with van der Waals surface area (Å²) in [6.07, 6.45) is 46.4. The van der Waals surface area contributed by atoms with Gasteiger partial charge in [-0.1, -0.05) is 216 Å². The normalized spacial score (nSPS) is 22.9. The average molecular weight is 941 g/mol. The van der Waals surface area contributed by atoms with Crippen LogP contribution in [0.5, 0.6) is 0 Å². The first-order valence-corrected chi connectivity index (χ1v) is 26.3. The van der Waals surface area contributed by atoms with Crippen LogP contribution >= 0.6 is 0 Å². The minimum Gasteiger partial charge on any atom is -0.463 e. The molecule has 1 aliphatic carbocycles. The molecule has 0 bridgehead atoms. The predicted octanol–water partition coefficient (Wildman–Crippen LogP) is 15.4. The van der Waals surface area contributed by atoms with Gasteiger partial charge in [0.15, 0.2) is 6.29 Å². The van der Waals surface area contributed by atoms with E-state index in [2.05, 4.69) is 153 Å². The minimum atomic E-state index is -1.49. The molecule has 2 aliphatic rings. The van der Waals surface area contributed by atoms with Crippen LogP contribution in [0, 0.1) is 5.41 Å². The average Bonchev–Trinajstić information content (AvgIpc) is 3.27. The fraction of sp³-hybridized carbons (Fsp3) is 0.623. The van der Waals surface area contributed by atoms with Crippen LogP contribution in [0.15, 0.2) is 130 Å². The summed E-state index contributed by atoms with van der Waals surface area (Å²) in [5.74, 6) is -0.354. The van der Waals surface area contributed by atoms with Crippen LogP contribution in [0.3, 0.4) is 0 Å². The van der Waals surface area contributed by atoms with Gasteiger partial charge >= 0.3 is 5.97 Å². The second-order valence-electron chi connectivity index (χ2n) is 21.0. The smallest absolute Gasteiger partial charge is 0.305 e. The zero-order valence-corrected chi connectivity index (χ0v) is 44.7. The Balaban J connectivity index is 1.72. The number of aliphatic hydroxyl groups is 3. The number of ether oxygens (including phenoxy) is 3. The highest BCUT2D eigenvalue weighted by Gasteiger charge is 2.46. The van der Waals surface area contributed by atoms with Gasteiger partial charge in [0, 0.05) is 6.42 Å². The van der Waals surface area contributed by atoms with Crippen molar-refractivity contribution in [3.63, 3.8) is 0 Å². The van der Waals surface area contributed by atoms with Crippen molar-refractivity contribution < 1.29 is 34.3 Å². The highest BCUT2D eigenvalue weighted by Crippen LogP contribution is 2.41. The van der Waals surface area contributed by atoms with Gasteiger partial charge in [-0.05, 0) is 111 Å². The summed E-state index contributed by atoms with van der Waals surface area (Å²) in [7, 11) is 0. The first-order chi connectivity index (χ1) is 32.3. The van der Waals surface area contributed by atoms with Gasteiger partial charge in [-0.3, -0.25) is 4.79 Å². The van der Waals surface area contributed by atoms with Crippen LogP contribution in [-0.2, 0) is 19.0 Å². The van der Waals surface area contributed by atoms with E-state index in [0.717, 1.165) is 43.3 Å². The molecule has 0 unspecified atom stereocenters. The standard InChI is InChI=1S/C61H96O7/c1-12-13-14-15-16-17-18-19-20-21-22-23-41-55(62)66-46-54-56(63)57(64)58(65)59(67-54)68-61(10,11)45-29-39-50(5)37-27-36-49(4)35-26-33-47(2)31-24-25-32-48(3)34-28-38-51(6)42-43-53-52(7)40-30-44-60(53,8)9/h24-28,31-38,42-43,54,56-59,63-65H,12-23,29-30,39-41,44-46H2,1-11H3/b25-24+,33-26+,34-28+,36-27+,43-42+,47-31+,48-32+,49-35+,50-37+,51-38+/t54-,56-,57+,58-,59-/m1/s1. The fourth-order valence-electron chi connectivity index (χ4n) is 8.69. The van der Waals surface area contributed by atoms with Crippen LogP contribution in [0.4, 0.5) is 0 Å². The summed E-state index contributed by atoms with van der Waals surface area (Å²) in [5, 5.41) is 31.9. The lowest BCUT2D eigenvalue weighted by Crippen LogP contribution is -2.60. The van der Waals surface area contributed by atoms with E-state index in [1.54, 1.807) is 0 Å². The number of hydrogen-bond acceptors (Lipinski definition) is 7. The number of allylic oxidation sites excluding steroid dienone is 22. The molecule has 7 heteroatoms. The summed E-state index contributed by atoms with van der Waals surface area (Å²) < 4.78 is 17.5. The molecular formula is C61H96O7. The minimum absolute atomic E-state index is 0.218. The zero-order chi connectivity index (χ0) is 50.4. The van der Waals surface area contributed by atoms with Gasteiger partial charge in [-0.2, -0.15) is 0 Å². The Morgan fingerprint density at radius 1 is 0.662 bits per heavy atom. The van der Waals surface area contributed by atoms with Crippen molar-refractivity contribution in [3.8, 4) is 0 Å². The molecule has 1 heterocycles. The second-order valence-corrected chi connectivity index (χ2v) is 21.0. The van der Waals surface area contributed by atoms with Crippen molar-refractivity contribution in [2.24, 2.45) is 5.41 Å². The molecule has 1 saturated heterocycles. The lowest BCUT2D eigenvalue weighted by molar-refractivity contribution is -0.324. The van der Waals surface area contributed by atoms with Crippen LogP contribution in [0.25, 0.3) is 0 Å². The van der Waals surface area contributed by atoms with E-state index in [0.29, 0.717) is 12.8 Å². The molecule has 0 amide bonds. The topological polar surface area (TPSA) is 105 Å². The molecule has 0 aromatic rings. The Morgan fingerprint density at radius 3 is 1.71 bits per heavy atom. The van der Waals surface area contributed by atoms with Gasteiger partial charge in [0.25, 0.3) is 0 Å². The highest BCUT2D eigenvalue weighted by atomic mass is 16.7. The molecule has 1 aliphatic heterocycles. The summed E-state index contributed by atoms with van der Waals surface area (Å²) in [5.41, 5.74) is 8.57. The van der Waals surface area contributed by atoms with Gasteiger partial charge in [0.2, 0.25) is 0 Å². The monoisotopic (exact) mass is 941 g/mol. The van der Waals surface area contributed by atoms with E-state index in [9.17, 15) is 20.1 Å². The van der Waals surface area contributed by atoms with Gasteiger partial charge in [-0.15, -0.1) is 0 Å². The highest BCUT2D eigenvalue weighted by molar-refractivity contribution is 5.69. The molecule has 0 spiro atoms. The largest absolute Gasteiger partial charge is 0.463 e. The predicted molar refractivity (Wildman–Crippen MR) is 287 cm³/mol.